The van der Waals surface area contributed by atoms with Crippen molar-refractivity contribution in [2.24, 2.45) is 0 Å². The molecule has 25 heavy (non-hydrogen) atoms. The van der Waals surface area contributed by atoms with Crippen molar-refractivity contribution < 1.29 is 13.2 Å². The van der Waals surface area contributed by atoms with Gasteiger partial charge in [-0.2, -0.15) is 5.10 Å². The van der Waals surface area contributed by atoms with Gasteiger partial charge in [0, 0.05) is 37.1 Å². The van der Waals surface area contributed by atoms with E-state index in [1.165, 1.54) is 10.6 Å². The number of sulfonamides is 1. The van der Waals surface area contributed by atoms with Crippen molar-refractivity contribution in [3.63, 3.8) is 0 Å². The van der Waals surface area contributed by atoms with Crippen LogP contribution in [0.1, 0.15) is 28.8 Å². The van der Waals surface area contributed by atoms with Gasteiger partial charge < -0.3 is 5.32 Å². The monoisotopic (exact) mass is 362 g/mol. The van der Waals surface area contributed by atoms with Gasteiger partial charge in [-0.25, -0.2) is 12.7 Å². The van der Waals surface area contributed by atoms with Crippen LogP contribution in [0.4, 0.5) is 0 Å². The van der Waals surface area contributed by atoms with Gasteiger partial charge in [0.2, 0.25) is 10.0 Å². The standard InChI is InChI=1S/C17H22N4O3S/c1-25(23,24)21-11-7-16(8-12-21)19-17(22)15-5-3-14(4-6-15)13-20-10-2-9-18-20/h2-6,9-10,16H,7-8,11-13H2,1H3,(H,19,22). The molecule has 8 heteroatoms. The average Bonchev–Trinajstić information content (AvgIpc) is 3.08. The zero-order valence-corrected chi connectivity index (χ0v) is 14.9. The summed E-state index contributed by atoms with van der Waals surface area (Å²) in [5, 5.41) is 7.15. The maximum atomic E-state index is 12.4. The van der Waals surface area contributed by atoms with Crippen LogP contribution in [0.5, 0.6) is 0 Å². The Kier molecular flexibility index (Phi) is 5.19. The van der Waals surface area contributed by atoms with Gasteiger partial charge in [0.25, 0.3) is 5.91 Å². The predicted octanol–water partition coefficient (Wildman–Crippen LogP) is 1.09. The molecule has 0 saturated carbocycles. The molecule has 1 aromatic heterocycles. The summed E-state index contributed by atoms with van der Waals surface area (Å²) in [4.78, 5) is 12.4. The van der Waals surface area contributed by atoms with Crippen LogP contribution in [-0.2, 0) is 16.6 Å². The molecule has 1 aliphatic rings. The van der Waals surface area contributed by atoms with Crippen LogP contribution >= 0.6 is 0 Å². The third kappa shape index (κ3) is 4.67. The highest BCUT2D eigenvalue weighted by Gasteiger charge is 2.25. The van der Waals surface area contributed by atoms with E-state index in [2.05, 4.69) is 10.4 Å². The molecule has 0 unspecified atom stereocenters. The summed E-state index contributed by atoms with van der Waals surface area (Å²) < 4.78 is 26.3. The minimum Gasteiger partial charge on any atom is -0.349 e. The molecule has 0 aliphatic carbocycles. The van der Waals surface area contributed by atoms with Gasteiger partial charge in [0.15, 0.2) is 0 Å². The zero-order chi connectivity index (χ0) is 17.9. The average molecular weight is 362 g/mol. The van der Waals surface area contributed by atoms with Gasteiger partial charge in [-0.05, 0) is 36.6 Å². The van der Waals surface area contributed by atoms with E-state index in [0.29, 0.717) is 38.0 Å². The summed E-state index contributed by atoms with van der Waals surface area (Å²) in [5.74, 6) is -0.122. The van der Waals surface area contributed by atoms with Crippen LogP contribution in [-0.4, -0.2) is 53.8 Å². The Bertz CT molecular complexity index is 808. The molecular weight excluding hydrogens is 340 g/mol. The quantitative estimate of drug-likeness (QED) is 0.863. The van der Waals surface area contributed by atoms with Crippen LogP contribution in [0.15, 0.2) is 42.7 Å². The first kappa shape index (κ1) is 17.6. The lowest BCUT2D eigenvalue weighted by Crippen LogP contribution is -2.46. The molecule has 1 aliphatic heterocycles. The molecule has 7 nitrogen and oxygen atoms in total. The molecule has 1 saturated heterocycles. The number of amides is 1. The second-order valence-electron chi connectivity index (χ2n) is 6.31. The number of carbonyl (C=O) groups excluding carboxylic acids is 1. The normalized spacial score (nSPS) is 16.7. The molecule has 3 rings (SSSR count). The van der Waals surface area contributed by atoms with Crippen LogP contribution in [0.2, 0.25) is 0 Å². The number of hydrogen-bond donors (Lipinski definition) is 1. The Balaban J connectivity index is 1.53. The van der Waals surface area contributed by atoms with Gasteiger partial charge in [0.05, 0.1) is 12.8 Å². The maximum Gasteiger partial charge on any atom is 0.251 e. The Morgan fingerprint density at radius 2 is 1.92 bits per heavy atom. The van der Waals surface area contributed by atoms with Crippen molar-refractivity contribution in [2.45, 2.75) is 25.4 Å². The Morgan fingerprint density at radius 3 is 2.48 bits per heavy atom. The lowest BCUT2D eigenvalue weighted by Gasteiger charge is -2.30. The Hall–Kier alpha value is -2.19. The highest BCUT2D eigenvalue weighted by atomic mass is 32.2. The molecule has 1 amide bonds. The fourth-order valence-corrected chi connectivity index (χ4v) is 3.82. The van der Waals surface area contributed by atoms with Crippen LogP contribution in [0, 0.1) is 0 Å². The SMILES string of the molecule is CS(=O)(=O)N1CCC(NC(=O)c2ccc(Cn3cccn3)cc2)CC1. The van der Waals surface area contributed by atoms with Crippen molar-refractivity contribution in [1.82, 2.24) is 19.4 Å². The summed E-state index contributed by atoms with van der Waals surface area (Å²) in [6.45, 7) is 1.57. The number of nitrogens with zero attached hydrogens (tertiary/aromatic N) is 3. The second-order valence-corrected chi connectivity index (χ2v) is 8.29. The molecule has 1 fully saturated rings. The van der Waals surface area contributed by atoms with Crippen molar-refractivity contribution in [3.05, 3.63) is 53.9 Å². The fourth-order valence-electron chi connectivity index (χ4n) is 2.94. The molecule has 2 heterocycles. The smallest absolute Gasteiger partial charge is 0.251 e. The van der Waals surface area contributed by atoms with Crippen LogP contribution < -0.4 is 5.32 Å². The lowest BCUT2D eigenvalue weighted by molar-refractivity contribution is 0.0924. The first-order chi connectivity index (χ1) is 11.9. The minimum atomic E-state index is -3.14. The number of aromatic nitrogens is 2. The van der Waals surface area contributed by atoms with E-state index in [0.717, 1.165) is 5.56 Å². The van der Waals surface area contributed by atoms with Crippen LogP contribution in [0.25, 0.3) is 0 Å². The van der Waals surface area contributed by atoms with Crippen molar-refractivity contribution in [2.75, 3.05) is 19.3 Å². The number of nitrogens with one attached hydrogen (secondary N) is 1. The van der Waals surface area contributed by atoms with E-state index in [1.54, 1.807) is 18.3 Å². The molecule has 134 valence electrons. The van der Waals surface area contributed by atoms with E-state index in [4.69, 9.17) is 0 Å². The summed E-state index contributed by atoms with van der Waals surface area (Å²) in [6.07, 6.45) is 6.11. The highest BCUT2D eigenvalue weighted by molar-refractivity contribution is 7.88. The van der Waals surface area contributed by atoms with Gasteiger partial charge in [-0.1, -0.05) is 12.1 Å². The van der Waals surface area contributed by atoms with Gasteiger partial charge in [0.1, 0.15) is 0 Å². The molecule has 0 bridgehead atoms. The Morgan fingerprint density at radius 1 is 1.24 bits per heavy atom. The molecule has 0 spiro atoms. The van der Waals surface area contributed by atoms with Crippen molar-refractivity contribution in [1.29, 1.82) is 0 Å². The minimum absolute atomic E-state index is 0.00857. The van der Waals surface area contributed by atoms with E-state index in [-0.39, 0.29) is 11.9 Å². The molecule has 0 atom stereocenters. The maximum absolute atomic E-state index is 12.4. The van der Waals surface area contributed by atoms with Crippen molar-refractivity contribution in [3.8, 4) is 0 Å². The zero-order valence-electron chi connectivity index (χ0n) is 14.1. The van der Waals surface area contributed by atoms with Gasteiger partial charge >= 0.3 is 0 Å². The summed E-state index contributed by atoms with van der Waals surface area (Å²) in [5.41, 5.74) is 1.68. The largest absolute Gasteiger partial charge is 0.349 e. The first-order valence-electron chi connectivity index (χ1n) is 8.24. The Labute approximate surface area is 147 Å². The number of benzene rings is 1. The number of hydrogen-bond acceptors (Lipinski definition) is 4. The summed E-state index contributed by atoms with van der Waals surface area (Å²) in [7, 11) is -3.14. The lowest BCUT2D eigenvalue weighted by atomic mass is 10.1. The van der Waals surface area contributed by atoms with Gasteiger partial charge in [-0.15, -0.1) is 0 Å². The third-order valence-electron chi connectivity index (χ3n) is 4.38. The summed E-state index contributed by atoms with van der Waals surface area (Å²) in [6, 6.07) is 9.33. The second kappa shape index (κ2) is 7.37. The third-order valence-corrected chi connectivity index (χ3v) is 5.68. The topological polar surface area (TPSA) is 84.3 Å². The van der Waals surface area contributed by atoms with Crippen molar-refractivity contribution >= 4 is 15.9 Å². The highest BCUT2D eigenvalue weighted by Crippen LogP contribution is 2.14. The van der Waals surface area contributed by atoms with Crippen LogP contribution in [0.3, 0.4) is 0 Å². The molecule has 2 aromatic rings. The molecule has 0 radical (unpaired) electrons. The number of carbonyl (C=O) groups is 1. The molecule has 1 N–H and O–H groups in total. The molecule has 1 aromatic carbocycles. The predicted molar refractivity (Wildman–Crippen MR) is 94.7 cm³/mol. The first-order valence-corrected chi connectivity index (χ1v) is 10.1. The van der Waals surface area contributed by atoms with E-state index >= 15 is 0 Å². The fraction of sp³-hybridized carbons (Fsp3) is 0.412. The number of piperidine rings is 1. The van der Waals surface area contributed by atoms with E-state index < -0.39 is 10.0 Å². The summed E-state index contributed by atoms with van der Waals surface area (Å²) >= 11 is 0. The van der Waals surface area contributed by atoms with E-state index in [1.807, 2.05) is 29.1 Å². The molecular formula is C17H22N4O3S. The number of rotatable bonds is 5. The van der Waals surface area contributed by atoms with Gasteiger partial charge in [-0.3, -0.25) is 9.48 Å². The van der Waals surface area contributed by atoms with E-state index in [9.17, 15) is 13.2 Å².